The molecular formula is C11H7F2NO3S. The number of halogens is 2. The highest BCUT2D eigenvalue weighted by Gasteiger charge is 2.10. The molecule has 0 aliphatic rings. The lowest BCUT2D eigenvalue weighted by atomic mass is 10.2. The first-order valence-corrected chi connectivity index (χ1v) is 5.68. The molecule has 0 aliphatic heterocycles. The zero-order chi connectivity index (χ0) is 13.1. The minimum absolute atomic E-state index is 0.0158. The van der Waals surface area contributed by atoms with Gasteiger partial charge in [0.1, 0.15) is 5.75 Å². The Morgan fingerprint density at radius 2 is 2.00 bits per heavy atom. The molecule has 0 saturated heterocycles. The van der Waals surface area contributed by atoms with E-state index in [1.165, 1.54) is 12.1 Å². The first-order valence-electron chi connectivity index (χ1n) is 4.80. The van der Waals surface area contributed by atoms with Crippen LogP contribution in [-0.4, -0.2) is 22.7 Å². The summed E-state index contributed by atoms with van der Waals surface area (Å²) in [7, 11) is 0. The Kier molecular flexibility index (Phi) is 3.52. The van der Waals surface area contributed by atoms with Crippen molar-refractivity contribution in [2.24, 2.45) is 0 Å². The second kappa shape index (κ2) is 5.09. The van der Waals surface area contributed by atoms with Crippen LogP contribution in [0.4, 0.5) is 8.78 Å². The van der Waals surface area contributed by atoms with E-state index in [1.54, 1.807) is 17.5 Å². The summed E-state index contributed by atoms with van der Waals surface area (Å²) >= 11 is 1.01. The van der Waals surface area contributed by atoms with E-state index < -0.39 is 12.6 Å². The van der Waals surface area contributed by atoms with Gasteiger partial charge in [-0.25, -0.2) is 9.78 Å². The van der Waals surface area contributed by atoms with Gasteiger partial charge < -0.3 is 9.84 Å². The lowest BCUT2D eigenvalue weighted by molar-refractivity contribution is -0.0498. The van der Waals surface area contributed by atoms with E-state index in [4.69, 9.17) is 5.11 Å². The molecule has 4 nitrogen and oxygen atoms in total. The standard InChI is InChI=1S/C11H7F2NO3S/c12-11(13)17-7-3-1-6(2-4-7)8-5-18-9(14-8)10(15)16/h1-5,11H,(H,15,16). The summed E-state index contributed by atoms with van der Waals surface area (Å²) in [6, 6.07) is 5.83. The first-order chi connectivity index (χ1) is 8.56. The minimum Gasteiger partial charge on any atom is -0.476 e. The minimum atomic E-state index is -2.87. The maximum Gasteiger partial charge on any atom is 0.387 e. The van der Waals surface area contributed by atoms with Crippen LogP contribution in [0, 0.1) is 0 Å². The number of benzene rings is 1. The molecule has 0 bridgehead atoms. The van der Waals surface area contributed by atoms with E-state index in [0.717, 1.165) is 11.3 Å². The smallest absolute Gasteiger partial charge is 0.387 e. The number of carboxylic acids is 1. The molecule has 0 aliphatic carbocycles. The number of aromatic carboxylic acids is 1. The Bertz CT molecular complexity index is 554. The van der Waals surface area contributed by atoms with Crippen LogP contribution in [0.1, 0.15) is 9.80 Å². The highest BCUT2D eigenvalue weighted by Crippen LogP contribution is 2.24. The van der Waals surface area contributed by atoms with Gasteiger partial charge >= 0.3 is 12.6 Å². The first kappa shape index (κ1) is 12.4. The number of nitrogens with zero attached hydrogens (tertiary/aromatic N) is 1. The van der Waals surface area contributed by atoms with Crippen LogP contribution in [0.5, 0.6) is 5.75 Å². The molecule has 0 radical (unpaired) electrons. The molecule has 1 aromatic heterocycles. The molecule has 7 heteroatoms. The van der Waals surface area contributed by atoms with Gasteiger partial charge in [0.25, 0.3) is 0 Å². The quantitative estimate of drug-likeness (QED) is 0.928. The number of aromatic nitrogens is 1. The fraction of sp³-hybridized carbons (Fsp3) is 0.0909. The van der Waals surface area contributed by atoms with Crippen molar-refractivity contribution in [2.45, 2.75) is 6.61 Å². The predicted octanol–water partition coefficient (Wildman–Crippen LogP) is 3.11. The molecular weight excluding hydrogens is 264 g/mol. The Balaban J connectivity index is 2.20. The van der Waals surface area contributed by atoms with Crippen LogP contribution < -0.4 is 4.74 Å². The zero-order valence-corrected chi connectivity index (χ0v) is 9.66. The highest BCUT2D eigenvalue weighted by molar-refractivity contribution is 7.11. The fourth-order valence-corrected chi connectivity index (χ4v) is 1.98. The van der Waals surface area contributed by atoms with Crippen molar-refractivity contribution in [3.05, 3.63) is 34.7 Å². The maximum atomic E-state index is 11.9. The van der Waals surface area contributed by atoms with Gasteiger partial charge in [-0.2, -0.15) is 8.78 Å². The van der Waals surface area contributed by atoms with Crippen LogP contribution in [0.25, 0.3) is 11.3 Å². The van der Waals surface area contributed by atoms with Gasteiger partial charge in [0, 0.05) is 10.9 Å². The third-order valence-corrected chi connectivity index (χ3v) is 2.89. The number of hydrogen-bond donors (Lipinski definition) is 1. The number of thiazole rings is 1. The summed E-state index contributed by atoms with van der Waals surface area (Å²) in [4.78, 5) is 14.6. The molecule has 1 N–H and O–H groups in total. The SMILES string of the molecule is O=C(O)c1nc(-c2ccc(OC(F)F)cc2)cs1. The number of ether oxygens (including phenoxy) is 1. The van der Waals surface area contributed by atoms with Gasteiger partial charge in [-0.05, 0) is 24.3 Å². The number of hydrogen-bond acceptors (Lipinski definition) is 4. The number of carbonyl (C=O) groups is 1. The summed E-state index contributed by atoms with van der Waals surface area (Å²) < 4.78 is 28.1. The predicted molar refractivity (Wildman–Crippen MR) is 61.1 cm³/mol. The molecule has 1 heterocycles. The van der Waals surface area contributed by atoms with Crippen molar-refractivity contribution in [2.75, 3.05) is 0 Å². The molecule has 1 aromatic carbocycles. The zero-order valence-electron chi connectivity index (χ0n) is 8.84. The van der Waals surface area contributed by atoms with E-state index in [-0.39, 0.29) is 10.8 Å². The van der Waals surface area contributed by atoms with Gasteiger partial charge in [-0.3, -0.25) is 0 Å². The van der Waals surface area contributed by atoms with Crippen molar-refractivity contribution in [1.29, 1.82) is 0 Å². The second-order valence-corrected chi connectivity index (χ2v) is 4.10. The summed E-state index contributed by atoms with van der Waals surface area (Å²) in [5.41, 5.74) is 1.13. The monoisotopic (exact) mass is 271 g/mol. The molecule has 2 rings (SSSR count). The van der Waals surface area contributed by atoms with E-state index in [0.29, 0.717) is 11.3 Å². The van der Waals surface area contributed by atoms with Crippen molar-refractivity contribution in [3.8, 4) is 17.0 Å². The van der Waals surface area contributed by atoms with Crippen LogP contribution in [-0.2, 0) is 0 Å². The maximum absolute atomic E-state index is 11.9. The lowest BCUT2D eigenvalue weighted by Gasteiger charge is -2.04. The highest BCUT2D eigenvalue weighted by atomic mass is 32.1. The average Bonchev–Trinajstić information content (AvgIpc) is 2.78. The van der Waals surface area contributed by atoms with Gasteiger partial charge in [0.2, 0.25) is 5.01 Å². The van der Waals surface area contributed by atoms with Crippen molar-refractivity contribution >= 4 is 17.3 Å². The van der Waals surface area contributed by atoms with Crippen molar-refractivity contribution in [1.82, 2.24) is 4.98 Å². The lowest BCUT2D eigenvalue weighted by Crippen LogP contribution is -2.01. The molecule has 0 saturated carbocycles. The average molecular weight is 271 g/mol. The molecule has 0 unspecified atom stereocenters. The van der Waals surface area contributed by atoms with Crippen molar-refractivity contribution in [3.63, 3.8) is 0 Å². The summed E-state index contributed by atoms with van der Waals surface area (Å²) in [6.45, 7) is -2.87. The second-order valence-electron chi connectivity index (χ2n) is 3.25. The molecule has 94 valence electrons. The van der Waals surface area contributed by atoms with Gasteiger partial charge in [-0.1, -0.05) is 0 Å². The third-order valence-electron chi connectivity index (χ3n) is 2.06. The molecule has 18 heavy (non-hydrogen) atoms. The Labute approximate surface area is 104 Å². The van der Waals surface area contributed by atoms with Gasteiger partial charge in [-0.15, -0.1) is 11.3 Å². The summed E-state index contributed by atoms with van der Waals surface area (Å²) in [5, 5.41) is 10.3. The van der Waals surface area contributed by atoms with Crippen LogP contribution in [0.2, 0.25) is 0 Å². The van der Waals surface area contributed by atoms with Gasteiger partial charge in [0.05, 0.1) is 5.69 Å². The molecule has 0 atom stereocenters. The largest absolute Gasteiger partial charge is 0.476 e. The van der Waals surface area contributed by atoms with Gasteiger partial charge in [0.15, 0.2) is 0 Å². The molecule has 2 aromatic rings. The normalized spacial score (nSPS) is 10.6. The topological polar surface area (TPSA) is 59.4 Å². The summed E-state index contributed by atoms with van der Waals surface area (Å²) in [5.74, 6) is -1.05. The molecule has 0 fully saturated rings. The third kappa shape index (κ3) is 2.80. The van der Waals surface area contributed by atoms with E-state index >= 15 is 0 Å². The molecule has 0 amide bonds. The number of carboxylic acid groups (broad SMARTS) is 1. The van der Waals surface area contributed by atoms with E-state index in [9.17, 15) is 13.6 Å². The Morgan fingerprint density at radius 3 is 2.50 bits per heavy atom. The number of alkyl halides is 2. The van der Waals surface area contributed by atoms with Crippen LogP contribution in [0.3, 0.4) is 0 Å². The van der Waals surface area contributed by atoms with E-state index in [1.807, 2.05) is 0 Å². The van der Waals surface area contributed by atoms with E-state index in [2.05, 4.69) is 9.72 Å². The van der Waals surface area contributed by atoms with Crippen LogP contribution in [0.15, 0.2) is 29.6 Å². The van der Waals surface area contributed by atoms with Crippen LogP contribution >= 0.6 is 11.3 Å². The Hall–Kier alpha value is -2.02. The fourth-order valence-electron chi connectivity index (χ4n) is 1.31. The van der Waals surface area contributed by atoms with Crippen molar-refractivity contribution < 1.29 is 23.4 Å². The Morgan fingerprint density at radius 1 is 1.33 bits per heavy atom. The summed E-state index contributed by atoms with van der Waals surface area (Å²) in [6.07, 6.45) is 0. The molecule has 0 spiro atoms. The number of rotatable bonds is 4.